The van der Waals surface area contributed by atoms with Crippen LogP contribution in [0.3, 0.4) is 0 Å². The Labute approximate surface area is 178 Å². The molecule has 0 aromatic heterocycles. The number of imide groups is 1. The van der Waals surface area contributed by atoms with Gasteiger partial charge in [0.05, 0.1) is 0 Å². The first-order valence-electron chi connectivity index (χ1n) is 11.3. The molecule has 162 valence electrons. The molecule has 0 bridgehead atoms. The molecule has 7 nitrogen and oxygen atoms in total. The average Bonchev–Trinajstić information content (AvgIpc) is 3.66. The van der Waals surface area contributed by atoms with E-state index >= 15 is 0 Å². The van der Waals surface area contributed by atoms with Gasteiger partial charge in [-0.25, -0.2) is 4.79 Å². The predicted octanol–water partition coefficient (Wildman–Crippen LogP) is 2.70. The first-order valence-corrected chi connectivity index (χ1v) is 11.3. The highest BCUT2D eigenvalue weighted by molar-refractivity contribution is 5.95. The smallest absolute Gasteiger partial charge is 0.321 e. The normalized spacial score (nSPS) is 19.0. The minimum Gasteiger partial charge on any atom is -0.349 e. The van der Waals surface area contributed by atoms with Gasteiger partial charge < -0.3 is 10.6 Å². The molecule has 0 radical (unpaired) electrons. The van der Waals surface area contributed by atoms with Gasteiger partial charge in [0.1, 0.15) is 0 Å². The van der Waals surface area contributed by atoms with Gasteiger partial charge in [0.2, 0.25) is 5.91 Å². The number of nitrogens with zero attached hydrogens (tertiary/aromatic N) is 1. The fourth-order valence-electron chi connectivity index (χ4n) is 4.05. The Kier molecular flexibility index (Phi) is 6.67. The lowest BCUT2D eigenvalue weighted by Gasteiger charge is -2.22. The molecule has 3 aliphatic rings. The Morgan fingerprint density at radius 1 is 0.867 bits per heavy atom. The molecule has 4 amide bonds. The van der Waals surface area contributed by atoms with Gasteiger partial charge >= 0.3 is 6.03 Å². The van der Waals surface area contributed by atoms with Crippen LogP contribution in [0.1, 0.15) is 73.7 Å². The van der Waals surface area contributed by atoms with Crippen LogP contribution in [0.2, 0.25) is 0 Å². The van der Waals surface area contributed by atoms with E-state index in [1.54, 1.807) is 0 Å². The molecule has 4 rings (SSSR count). The van der Waals surface area contributed by atoms with Gasteiger partial charge in [-0.05, 0) is 56.2 Å². The molecule has 3 N–H and O–H groups in total. The molecule has 30 heavy (non-hydrogen) atoms. The number of carbonyl (C=O) groups excluding carboxylic acids is 3. The van der Waals surface area contributed by atoms with E-state index in [1.807, 2.05) is 24.3 Å². The Morgan fingerprint density at radius 3 is 2.17 bits per heavy atom. The number of hydrogen-bond donors (Lipinski definition) is 3. The minimum absolute atomic E-state index is 0.00403. The molecule has 3 saturated carbocycles. The number of hydrogen-bond acceptors (Lipinski definition) is 4. The van der Waals surface area contributed by atoms with Crippen LogP contribution in [0.15, 0.2) is 24.3 Å². The fourth-order valence-corrected chi connectivity index (χ4v) is 4.05. The van der Waals surface area contributed by atoms with E-state index in [0.717, 1.165) is 63.5 Å². The van der Waals surface area contributed by atoms with Gasteiger partial charge in [0.25, 0.3) is 5.91 Å². The maximum absolute atomic E-state index is 12.2. The summed E-state index contributed by atoms with van der Waals surface area (Å²) in [5.41, 5.74) is 1.82. The third-order valence-corrected chi connectivity index (χ3v) is 6.15. The molecule has 1 aromatic rings. The van der Waals surface area contributed by atoms with Gasteiger partial charge in [-0.3, -0.25) is 19.8 Å². The maximum Gasteiger partial charge on any atom is 0.321 e. The van der Waals surface area contributed by atoms with Crippen LogP contribution >= 0.6 is 0 Å². The van der Waals surface area contributed by atoms with Crippen molar-refractivity contribution >= 4 is 17.8 Å². The zero-order valence-electron chi connectivity index (χ0n) is 17.5. The Morgan fingerprint density at radius 2 is 1.53 bits per heavy atom. The number of urea groups is 1. The number of benzene rings is 1. The number of amides is 4. The monoisotopic (exact) mass is 412 g/mol. The standard InChI is InChI=1S/C23H32N4O3/c28-21(26-23(30)25-18-3-1-2-4-18)13-14-27(20-11-12-20)15-16-5-7-17(8-6-16)22(29)24-19-9-10-19/h5-8,18-20H,1-4,9-15H2,(H,24,29)(H2,25,26,28,30). The fraction of sp³-hybridized carbons (Fsp3) is 0.609. The number of carbonyl (C=O) groups is 3. The summed E-state index contributed by atoms with van der Waals surface area (Å²) in [6.45, 7) is 1.37. The van der Waals surface area contributed by atoms with Crippen molar-refractivity contribution in [2.75, 3.05) is 6.54 Å². The SMILES string of the molecule is O=C(CCN(Cc1ccc(C(=O)NC2CC2)cc1)C1CC1)NC(=O)NC1CCCC1. The summed E-state index contributed by atoms with van der Waals surface area (Å²) in [6.07, 6.45) is 9.03. The van der Waals surface area contributed by atoms with Crippen LogP contribution in [0.25, 0.3) is 0 Å². The predicted molar refractivity (Wildman–Crippen MR) is 114 cm³/mol. The van der Waals surface area contributed by atoms with Gasteiger partial charge in [0, 0.05) is 43.2 Å². The van der Waals surface area contributed by atoms with Gasteiger partial charge in [-0.1, -0.05) is 25.0 Å². The summed E-state index contributed by atoms with van der Waals surface area (Å²) >= 11 is 0. The average molecular weight is 413 g/mol. The topological polar surface area (TPSA) is 90.5 Å². The largest absolute Gasteiger partial charge is 0.349 e. The van der Waals surface area contributed by atoms with E-state index in [1.165, 1.54) is 0 Å². The van der Waals surface area contributed by atoms with Gasteiger partial charge in [-0.15, -0.1) is 0 Å². The van der Waals surface area contributed by atoms with Crippen LogP contribution in [0.4, 0.5) is 4.79 Å². The summed E-state index contributed by atoms with van der Waals surface area (Å²) < 4.78 is 0. The third-order valence-electron chi connectivity index (χ3n) is 6.15. The Hall–Kier alpha value is -2.41. The van der Waals surface area contributed by atoms with E-state index in [0.29, 0.717) is 30.6 Å². The van der Waals surface area contributed by atoms with E-state index < -0.39 is 0 Å². The second kappa shape index (κ2) is 9.60. The van der Waals surface area contributed by atoms with Crippen LogP contribution < -0.4 is 16.0 Å². The van der Waals surface area contributed by atoms with Crippen molar-refractivity contribution < 1.29 is 14.4 Å². The van der Waals surface area contributed by atoms with Gasteiger partial charge in [0.15, 0.2) is 0 Å². The van der Waals surface area contributed by atoms with Crippen LogP contribution in [-0.2, 0) is 11.3 Å². The first kappa shape index (κ1) is 20.8. The van der Waals surface area contributed by atoms with Crippen molar-refractivity contribution in [2.24, 2.45) is 0 Å². The molecule has 3 fully saturated rings. The van der Waals surface area contributed by atoms with Crippen LogP contribution in [0, 0.1) is 0 Å². The number of rotatable bonds is 9. The molecule has 0 heterocycles. The summed E-state index contributed by atoms with van der Waals surface area (Å²) in [5, 5.41) is 8.35. The van der Waals surface area contributed by atoms with E-state index in [-0.39, 0.29) is 23.9 Å². The summed E-state index contributed by atoms with van der Waals surface area (Å²) in [4.78, 5) is 38.6. The van der Waals surface area contributed by atoms with Crippen molar-refractivity contribution in [2.45, 2.75) is 82.5 Å². The Bertz CT molecular complexity index is 765. The molecule has 0 unspecified atom stereocenters. The third kappa shape index (κ3) is 6.29. The first-order chi connectivity index (χ1) is 14.6. The molecular weight excluding hydrogens is 380 g/mol. The lowest BCUT2D eigenvalue weighted by molar-refractivity contribution is -0.120. The zero-order chi connectivity index (χ0) is 20.9. The Balaban J connectivity index is 1.22. The minimum atomic E-state index is -0.370. The van der Waals surface area contributed by atoms with Crippen molar-refractivity contribution in [3.63, 3.8) is 0 Å². The molecule has 0 aliphatic heterocycles. The summed E-state index contributed by atoms with van der Waals surface area (Å²) in [6, 6.07) is 8.42. The zero-order valence-corrected chi connectivity index (χ0v) is 17.5. The lowest BCUT2D eigenvalue weighted by Crippen LogP contribution is -2.44. The van der Waals surface area contributed by atoms with E-state index in [4.69, 9.17) is 0 Å². The molecule has 1 aromatic carbocycles. The van der Waals surface area contributed by atoms with Crippen molar-refractivity contribution in [1.29, 1.82) is 0 Å². The second-order valence-corrected chi connectivity index (χ2v) is 8.90. The highest BCUT2D eigenvalue weighted by Crippen LogP contribution is 2.28. The molecule has 0 spiro atoms. The van der Waals surface area contributed by atoms with Crippen LogP contribution in [0.5, 0.6) is 0 Å². The molecule has 0 saturated heterocycles. The molecular formula is C23H32N4O3. The number of nitrogens with one attached hydrogen (secondary N) is 3. The molecule has 0 atom stereocenters. The lowest BCUT2D eigenvalue weighted by atomic mass is 10.1. The second-order valence-electron chi connectivity index (χ2n) is 8.90. The quantitative estimate of drug-likeness (QED) is 0.582. The van der Waals surface area contributed by atoms with Crippen LogP contribution in [-0.4, -0.2) is 47.4 Å². The maximum atomic E-state index is 12.2. The molecule has 7 heteroatoms. The van der Waals surface area contributed by atoms with E-state index in [9.17, 15) is 14.4 Å². The highest BCUT2D eigenvalue weighted by atomic mass is 16.2. The van der Waals surface area contributed by atoms with E-state index in [2.05, 4.69) is 20.9 Å². The highest BCUT2D eigenvalue weighted by Gasteiger charge is 2.29. The van der Waals surface area contributed by atoms with Crippen molar-refractivity contribution in [3.05, 3.63) is 35.4 Å². The van der Waals surface area contributed by atoms with Crippen molar-refractivity contribution in [3.8, 4) is 0 Å². The molecule has 3 aliphatic carbocycles. The summed E-state index contributed by atoms with van der Waals surface area (Å²) in [5.74, 6) is -0.237. The van der Waals surface area contributed by atoms with Gasteiger partial charge in [-0.2, -0.15) is 0 Å². The summed E-state index contributed by atoms with van der Waals surface area (Å²) in [7, 11) is 0. The van der Waals surface area contributed by atoms with Crippen molar-refractivity contribution in [1.82, 2.24) is 20.9 Å².